The molecular weight excluding hydrogens is 400 g/mol. The number of nitrogens with zero attached hydrogens (tertiary/aromatic N) is 2. The summed E-state index contributed by atoms with van der Waals surface area (Å²) < 4.78 is 52.1. The van der Waals surface area contributed by atoms with Crippen molar-refractivity contribution in [3.05, 3.63) is 54.1 Å². The van der Waals surface area contributed by atoms with Gasteiger partial charge in [0.15, 0.2) is 11.6 Å². The van der Waals surface area contributed by atoms with Crippen LogP contribution in [0.4, 0.5) is 25.8 Å². The third-order valence-electron chi connectivity index (χ3n) is 4.85. The Morgan fingerprint density at radius 2 is 1.69 bits per heavy atom. The fraction of sp³-hybridized carbons (Fsp3) is 0.350. The Hall–Kier alpha value is -2.68. The van der Waals surface area contributed by atoms with Crippen LogP contribution < -0.4 is 14.5 Å². The smallest absolute Gasteiger partial charge is 0.247 e. The summed E-state index contributed by atoms with van der Waals surface area (Å²) in [5.41, 5.74) is 1.45. The highest BCUT2D eigenvalue weighted by Gasteiger charge is 2.30. The zero-order valence-electron chi connectivity index (χ0n) is 16.2. The maximum atomic E-state index is 13.6. The van der Waals surface area contributed by atoms with E-state index in [1.165, 1.54) is 6.92 Å². The Morgan fingerprint density at radius 1 is 1.07 bits per heavy atom. The second kappa shape index (κ2) is 8.36. The van der Waals surface area contributed by atoms with Crippen LogP contribution in [0.5, 0.6) is 0 Å². The summed E-state index contributed by atoms with van der Waals surface area (Å²) >= 11 is 0. The molecule has 0 aromatic heterocycles. The first-order valence-electron chi connectivity index (χ1n) is 9.27. The highest BCUT2D eigenvalue weighted by molar-refractivity contribution is 7.92. The fourth-order valence-corrected chi connectivity index (χ4v) is 4.58. The third kappa shape index (κ3) is 4.84. The molecule has 1 unspecified atom stereocenters. The van der Waals surface area contributed by atoms with Crippen LogP contribution in [-0.2, 0) is 14.8 Å². The van der Waals surface area contributed by atoms with Crippen LogP contribution in [0.15, 0.2) is 42.5 Å². The van der Waals surface area contributed by atoms with Gasteiger partial charge in [-0.3, -0.25) is 9.10 Å². The molecule has 1 heterocycles. The maximum absolute atomic E-state index is 13.6. The van der Waals surface area contributed by atoms with E-state index in [0.717, 1.165) is 60.4 Å². The van der Waals surface area contributed by atoms with Gasteiger partial charge < -0.3 is 10.2 Å². The molecule has 2 aromatic rings. The summed E-state index contributed by atoms with van der Waals surface area (Å²) in [6, 6.07) is 8.82. The maximum Gasteiger partial charge on any atom is 0.247 e. The van der Waals surface area contributed by atoms with Gasteiger partial charge in [-0.25, -0.2) is 17.2 Å². The number of anilines is 3. The Labute approximate surface area is 169 Å². The lowest BCUT2D eigenvalue weighted by Crippen LogP contribution is -2.45. The SMILES string of the molecule is CC(C(=O)Nc1ccc(N2CCCC2)cc1)N(c1ccc(F)c(F)c1)S(C)(=O)=O. The number of hydrogen-bond acceptors (Lipinski definition) is 4. The number of carbonyl (C=O) groups excluding carboxylic acids is 1. The van der Waals surface area contributed by atoms with Crippen LogP contribution in [0.3, 0.4) is 0 Å². The van der Waals surface area contributed by atoms with E-state index in [9.17, 15) is 22.0 Å². The predicted octanol–water partition coefficient (Wildman–Crippen LogP) is 3.36. The number of sulfonamides is 1. The first-order chi connectivity index (χ1) is 13.7. The van der Waals surface area contributed by atoms with Crippen LogP contribution in [0, 0.1) is 11.6 Å². The Morgan fingerprint density at radius 3 is 2.24 bits per heavy atom. The Balaban J connectivity index is 1.77. The molecule has 1 amide bonds. The third-order valence-corrected chi connectivity index (χ3v) is 6.09. The fourth-order valence-electron chi connectivity index (χ4n) is 3.41. The average Bonchev–Trinajstić information content (AvgIpc) is 3.19. The predicted molar refractivity (Wildman–Crippen MR) is 110 cm³/mol. The van der Waals surface area contributed by atoms with Gasteiger partial charge in [-0.2, -0.15) is 0 Å². The number of hydrogen-bond donors (Lipinski definition) is 1. The lowest BCUT2D eigenvalue weighted by Gasteiger charge is -2.28. The molecule has 6 nitrogen and oxygen atoms in total. The van der Waals surface area contributed by atoms with Gasteiger partial charge in [0, 0.05) is 30.5 Å². The minimum absolute atomic E-state index is 0.126. The van der Waals surface area contributed by atoms with E-state index >= 15 is 0 Å². The van der Waals surface area contributed by atoms with Gasteiger partial charge in [0.1, 0.15) is 6.04 Å². The summed E-state index contributed by atoms with van der Waals surface area (Å²) in [5.74, 6) is -2.88. The van der Waals surface area contributed by atoms with Gasteiger partial charge in [-0.05, 0) is 56.2 Å². The molecule has 1 aliphatic heterocycles. The molecule has 9 heteroatoms. The van der Waals surface area contributed by atoms with Gasteiger partial charge in [-0.15, -0.1) is 0 Å². The van der Waals surface area contributed by atoms with Gasteiger partial charge in [0.05, 0.1) is 11.9 Å². The van der Waals surface area contributed by atoms with E-state index in [-0.39, 0.29) is 5.69 Å². The molecule has 1 atom stereocenters. The standard InChI is InChI=1S/C20H23F2N3O3S/c1-14(25(29(2,27)28)17-9-10-18(21)19(22)13-17)20(26)23-15-5-7-16(8-6-15)24-11-3-4-12-24/h5-10,13-14H,3-4,11-12H2,1-2H3,(H,23,26). The first-order valence-corrected chi connectivity index (χ1v) is 11.1. The normalized spacial score (nSPS) is 15.2. The van der Waals surface area contributed by atoms with Crippen molar-refractivity contribution in [3.63, 3.8) is 0 Å². The molecule has 1 N–H and O–H groups in total. The molecule has 0 radical (unpaired) electrons. The zero-order chi connectivity index (χ0) is 21.2. The lowest BCUT2D eigenvalue weighted by atomic mass is 10.2. The van der Waals surface area contributed by atoms with E-state index < -0.39 is 33.6 Å². The highest BCUT2D eigenvalue weighted by atomic mass is 32.2. The van der Waals surface area contributed by atoms with Crippen LogP contribution in [0.1, 0.15) is 19.8 Å². The molecule has 3 rings (SSSR count). The second-order valence-electron chi connectivity index (χ2n) is 7.06. The Kier molecular flexibility index (Phi) is 6.07. The molecule has 0 spiro atoms. The first kappa shape index (κ1) is 21.0. The van der Waals surface area contributed by atoms with E-state index in [1.54, 1.807) is 12.1 Å². The molecule has 29 heavy (non-hydrogen) atoms. The molecular formula is C20H23F2N3O3S. The van der Waals surface area contributed by atoms with E-state index in [0.29, 0.717) is 5.69 Å². The van der Waals surface area contributed by atoms with Crippen LogP contribution in [0.2, 0.25) is 0 Å². The van der Waals surface area contributed by atoms with Crippen molar-refractivity contribution in [1.29, 1.82) is 0 Å². The topological polar surface area (TPSA) is 69.7 Å². The monoisotopic (exact) mass is 423 g/mol. The number of halogens is 2. The minimum Gasteiger partial charge on any atom is -0.372 e. The molecule has 2 aromatic carbocycles. The zero-order valence-corrected chi connectivity index (χ0v) is 17.0. The van der Waals surface area contributed by atoms with Gasteiger partial charge in [0.2, 0.25) is 15.9 Å². The largest absolute Gasteiger partial charge is 0.372 e. The summed E-state index contributed by atoms with van der Waals surface area (Å²) in [6.45, 7) is 3.39. The van der Waals surface area contributed by atoms with Gasteiger partial charge in [-0.1, -0.05) is 0 Å². The molecule has 156 valence electrons. The summed E-state index contributed by atoms with van der Waals surface area (Å²) in [4.78, 5) is 14.9. The summed E-state index contributed by atoms with van der Waals surface area (Å²) in [6.07, 6.45) is 3.21. The molecule has 0 aliphatic carbocycles. The van der Waals surface area contributed by atoms with Crippen molar-refractivity contribution >= 4 is 33.0 Å². The van der Waals surface area contributed by atoms with Gasteiger partial charge >= 0.3 is 0 Å². The number of carbonyl (C=O) groups is 1. The molecule has 1 aliphatic rings. The molecule has 1 saturated heterocycles. The number of amides is 1. The number of nitrogens with one attached hydrogen (secondary N) is 1. The van der Waals surface area contributed by atoms with E-state index in [1.807, 2.05) is 12.1 Å². The van der Waals surface area contributed by atoms with Crippen molar-refractivity contribution in [3.8, 4) is 0 Å². The molecule has 0 saturated carbocycles. The van der Waals surface area contributed by atoms with Crippen molar-refractivity contribution < 1.29 is 22.0 Å². The quantitative estimate of drug-likeness (QED) is 0.774. The number of rotatable bonds is 6. The molecule has 1 fully saturated rings. The van der Waals surface area contributed by atoms with Crippen molar-refractivity contribution in [2.75, 3.05) is 33.9 Å². The van der Waals surface area contributed by atoms with Crippen molar-refractivity contribution in [2.24, 2.45) is 0 Å². The minimum atomic E-state index is -3.93. The summed E-state index contributed by atoms with van der Waals surface area (Å²) in [5, 5.41) is 2.68. The lowest BCUT2D eigenvalue weighted by molar-refractivity contribution is -0.116. The molecule has 0 bridgehead atoms. The van der Waals surface area contributed by atoms with Crippen LogP contribution in [-0.4, -0.2) is 39.7 Å². The second-order valence-corrected chi connectivity index (χ2v) is 8.92. The van der Waals surface area contributed by atoms with Crippen LogP contribution >= 0.6 is 0 Å². The van der Waals surface area contributed by atoms with Crippen molar-refractivity contribution in [1.82, 2.24) is 0 Å². The van der Waals surface area contributed by atoms with E-state index in [4.69, 9.17) is 0 Å². The van der Waals surface area contributed by atoms with Crippen molar-refractivity contribution in [2.45, 2.75) is 25.8 Å². The van der Waals surface area contributed by atoms with E-state index in [2.05, 4.69) is 10.2 Å². The average molecular weight is 423 g/mol. The van der Waals surface area contributed by atoms with Gasteiger partial charge in [0.25, 0.3) is 0 Å². The highest BCUT2D eigenvalue weighted by Crippen LogP contribution is 2.25. The van der Waals surface area contributed by atoms with Crippen LogP contribution in [0.25, 0.3) is 0 Å². The summed E-state index contributed by atoms with van der Waals surface area (Å²) in [7, 11) is -3.93. The number of benzene rings is 2. The Bertz CT molecular complexity index is 991.